The first-order valence-electron chi connectivity index (χ1n) is 7.74. The number of nitrogens with zero attached hydrogens (tertiary/aromatic N) is 1. The Morgan fingerprint density at radius 3 is 2.95 bits per heavy atom. The summed E-state index contributed by atoms with van der Waals surface area (Å²) in [6, 6.07) is 2.16. The lowest BCUT2D eigenvalue weighted by molar-refractivity contribution is -0.136. The number of fused-ring (bicyclic) bond motifs is 1. The number of ether oxygens (including phenoxy) is 1. The van der Waals surface area contributed by atoms with Gasteiger partial charge in [0.25, 0.3) is 0 Å². The van der Waals surface area contributed by atoms with Crippen LogP contribution in [0.2, 0.25) is 0 Å². The van der Waals surface area contributed by atoms with Gasteiger partial charge in [0, 0.05) is 23.9 Å². The number of carbonyl (C=O) groups excluding carboxylic acids is 1. The Morgan fingerprint density at radius 1 is 1.38 bits per heavy atom. The molecule has 0 spiro atoms. The summed E-state index contributed by atoms with van der Waals surface area (Å²) in [5.74, 6) is 7.39. The summed E-state index contributed by atoms with van der Waals surface area (Å²) in [4.78, 5) is 11.4. The molecule has 0 fully saturated rings. The predicted octanol–water partition coefficient (Wildman–Crippen LogP) is 3.03. The lowest BCUT2D eigenvalue weighted by Gasteiger charge is -2.16. The molecule has 114 valence electrons. The summed E-state index contributed by atoms with van der Waals surface area (Å²) in [5.41, 5.74) is 3.80. The van der Waals surface area contributed by atoms with Crippen LogP contribution in [0.3, 0.4) is 0 Å². The molecule has 4 heteroatoms. The summed E-state index contributed by atoms with van der Waals surface area (Å²) in [6.45, 7) is 5.32. The fraction of sp³-hybridized carbons (Fsp3) is 0.588. The molecule has 2 rings (SSSR count). The van der Waals surface area contributed by atoms with E-state index in [1.165, 1.54) is 24.1 Å². The van der Waals surface area contributed by atoms with Crippen LogP contribution in [-0.4, -0.2) is 28.6 Å². The maximum absolute atomic E-state index is 11.4. The van der Waals surface area contributed by atoms with E-state index in [-0.39, 0.29) is 0 Å². The molecular weight excluding hydrogens is 282 g/mol. The molecule has 3 nitrogen and oxygen atoms in total. The van der Waals surface area contributed by atoms with E-state index in [1.807, 2.05) is 11.8 Å². The van der Waals surface area contributed by atoms with E-state index in [0.29, 0.717) is 6.61 Å². The van der Waals surface area contributed by atoms with Crippen LogP contribution in [0.4, 0.5) is 0 Å². The number of rotatable bonds is 5. The van der Waals surface area contributed by atoms with Gasteiger partial charge in [-0.05, 0) is 55.9 Å². The first-order valence-corrected chi connectivity index (χ1v) is 8.89. The Hall–Kier alpha value is -1.34. The molecule has 1 aliphatic rings. The highest BCUT2D eigenvalue weighted by atomic mass is 32.2. The first kappa shape index (κ1) is 16.0. The maximum atomic E-state index is 11.4. The Balaban J connectivity index is 2.22. The van der Waals surface area contributed by atoms with Crippen molar-refractivity contribution in [3.05, 3.63) is 23.0 Å². The second-order valence-corrected chi connectivity index (χ2v) is 6.42. The second kappa shape index (κ2) is 8.19. The standard InChI is InChI=1S/C17H23NO2S/c1-3-20-17(19)10-9-15-13-14-7-5-6-8-16(14)18(15)11-12-21-4-2/h13H,3-8,11-12H2,1-2H3. The van der Waals surface area contributed by atoms with Gasteiger partial charge < -0.3 is 9.30 Å². The van der Waals surface area contributed by atoms with Crippen LogP contribution < -0.4 is 0 Å². The van der Waals surface area contributed by atoms with Gasteiger partial charge in [-0.15, -0.1) is 0 Å². The molecule has 0 saturated carbocycles. The van der Waals surface area contributed by atoms with Crippen LogP contribution in [0, 0.1) is 11.8 Å². The minimum absolute atomic E-state index is 0.373. The smallest absolute Gasteiger partial charge is 0.384 e. The van der Waals surface area contributed by atoms with Crippen LogP contribution in [0.15, 0.2) is 6.07 Å². The van der Waals surface area contributed by atoms with Gasteiger partial charge >= 0.3 is 5.97 Å². The number of aryl methyl sites for hydroxylation is 1. The zero-order valence-corrected chi connectivity index (χ0v) is 13.7. The Kier molecular flexibility index (Phi) is 6.25. The van der Waals surface area contributed by atoms with Gasteiger partial charge in [0.05, 0.1) is 12.3 Å². The maximum Gasteiger partial charge on any atom is 0.384 e. The summed E-state index contributed by atoms with van der Waals surface area (Å²) in [5, 5.41) is 0. The van der Waals surface area contributed by atoms with Crippen molar-refractivity contribution in [2.75, 3.05) is 18.1 Å². The van der Waals surface area contributed by atoms with Gasteiger partial charge in [-0.25, -0.2) is 4.79 Å². The fourth-order valence-corrected chi connectivity index (χ4v) is 3.31. The minimum atomic E-state index is -0.439. The van der Waals surface area contributed by atoms with Crippen LogP contribution >= 0.6 is 11.8 Å². The highest BCUT2D eigenvalue weighted by Crippen LogP contribution is 2.25. The molecule has 0 unspecified atom stereocenters. The molecule has 0 atom stereocenters. The molecule has 1 aliphatic carbocycles. The van der Waals surface area contributed by atoms with Crippen LogP contribution in [0.1, 0.15) is 43.6 Å². The monoisotopic (exact) mass is 305 g/mol. The van der Waals surface area contributed by atoms with Crippen molar-refractivity contribution < 1.29 is 9.53 Å². The third-order valence-electron chi connectivity index (χ3n) is 3.64. The summed E-state index contributed by atoms with van der Waals surface area (Å²) in [6.07, 6.45) is 4.78. The fourth-order valence-electron chi connectivity index (χ4n) is 2.71. The van der Waals surface area contributed by atoms with E-state index >= 15 is 0 Å². The van der Waals surface area contributed by atoms with Gasteiger partial charge in [-0.1, -0.05) is 6.92 Å². The molecule has 0 aliphatic heterocycles. The van der Waals surface area contributed by atoms with Crippen molar-refractivity contribution in [3.63, 3.8) is 0 Å². The molecule has 0 saturated heterocycles. The summed E-state index contributed by atoms with van der Waals surface area (Å²) >= 11 is 1.94. The Bertz CT molecular complexity index is 551. The molecule has 0 amide bonds. The highest BCUT2D eigenvalue weighted by molar-refractivity contribution is 7.99. The average molecular weight is 305 g/mol. The largest absolute Gasteiger partial charge is 0.456 e. The third kappa shape index (κ3) is 4.31. The van der Waals surface area contributed by atoms with Gasteiger partial charge in [-0.2, -0.15) is 11.8 Å². The SMILES string of the molecule is CCOC(=O)C#Cc1cc2c(n1CCSCC)CCCC2. The zero-order valence-electron chi connectivity index (χ0n) is 12.9. The van der Waals surface area contributed by atoms with Crippen molar-refractivity contribution in [2.24, 2.45) is 0 Å². The van der Waals surface area contributed by atoms with Crippen molar-refractivity contribution in [1.29, 1.82) is 0 Å². The lowest BCUT2D eigenvalue weighted by Crippen LogP contribution is -2.11. The molecule has 1 aromatic rings. The molecule has 0 aromatic carbocycles. The predicted molar refractivity (Wildman–Crippen MR) is 87.6 cm³/mol. The number of esters is 1. The molecule has 1 aromatic heterocycles. The van der Waals surface area contributed by atoms with Crippen molar-refractivity contribution in [3.8, 4) is 11.8 Å². The summed E-state index contributed by atoms with van der Waals surface area (Å²) in [7, 11) is 0. The van der Waals surface area contributed by atoms with Gasteiger partial charge in [0.1, 0.15) is 0 Å². The van der Waals surface area contributed by atoms with Crippen molar-refractivity contribution in [1.82, 2.24) is 4.57 Å². The van der Waals surface area contributed by atoms with E-state index in [4.69, 9.17) is 4.74 Å². The normalized spacial score (nSPS) is 13.2. The van der Waals surface area contributed by atoms with Crippen molar-refractivity contribution in [2.45, 2.75) is 46.1 Å². The number of hydrogen-bond acceptors (Lipinski definition) is 3. The van der Waals surface area contributed by atoms with Crippen LogP contribution in [-0.2, 0) is 28.9 Å². The molecule has 0 radical (unpaired) electrons. The summed E-state index contributed by atoms with van der Waals surface area (Å²) < 4.78 is 7.19. The molecule has 1 heterocycles. The number of hydrogen-bond donors (Lipinski definition) is 0. The molecular formula is C17H23NO2S. The van der Waals surface area contributed by atoms with Gasteiger partial charge in [0.2, 0.25) is 0 Å². The van der Waals surface area contributed by atoms with E-state index in [1.54, 1.807) is 6.92 Å². The van der Waals surface area contributed by atoms with E-state index < -0.39 is 5.97 Å². The van der Waals surface area contributed by atoms with Gasteiger partial charge in [-0.3, -0.25) is 0 Å². The average Bonchev–Trinajstić information content (AvgIpc) is 2.84. The topological polar surface area (TPSA) is 31.2 Å². The molecule has 21 heavy (non-hydrogen) atoms. The quantitative estimate of drug-likeness (QED) is 0.476. The molecule has 0 N–H and O–H groups in total. The first-order chi connectivity index (χ1) is 10.3. The third-order valence-corrected chi connectivity index (χ3v) is 4.52. The Morgan fingerprint density at radius 2 is 2.19 bits per heavy atom. The van der Waals surface area contributed by atoms with Crippen LogP contribution in [0.25, 0.3) is 0 Å². The number of carbonyl (C=O) groups is 1. The highest BCUT2D eigenvalue weighted by Gasteiger charge is 2.17. The Labute approximate surface area is 131 Å². The minimum Gasteiger partial charge on any atom is -0.456 e. The molecule has 0 bridgehead atoms. The lowest BCUT2D eigenvalue weighted by atomic mass is 9.98. The number of thioether (sulfide) groups is 1. The van der Waals surface area contributed by atoms with E-state index in [2.05, 4.69) is 29.4 Å². The van der Waals surface area contributed by atoms with E-state index in [9.17, 15) is 4.79 Å². The van der Waals surface area contributed by atoms with Crippen molar-refractivity contribution >= 4 is 17.7 Å². The van der Waals surface area contributed by atoms with Crippen LogP contribution in [0.5, 0.6) is 0 Å². The zero-order chi connectivity index (χ0) is 15.1. The van der Waals surface area contributed by atoms with E-state index in [0.717, 1.165) is 36.6 Å². The second-order valence-electron chi connectivity index (χ2n) is 5.03. The van der Waals surface area contributed by atoms with Gasteiger partial charge in [0.15, 0.2) is 0 Å². The number of aromatic nitrogens is 1.